The molecule has 3 N–H and O–H groups in total. The molecule has 2 atom stereocenters. The maximum Gasteiger partial charge on any atom is 0.227 e. The van der Waals surface area contributed by atoms with Crippen LogP contribution in [0.1, 0.15) is 45.4 Å². The summed E-state index contributed by atoms with van der Waals surface area (Å²) in [5.74, 6) is 0.139. The van der Waals surface area contributed by atoms with Gasteiger partial charge >= 0.3 is 0 Å². The Morgan fingerprint density at radius 3 is 2.61 bits per heavy atom. The van der Waals surface area contributed by atoms with Crippen molar-refractivity contribution in [1.82, 2.24) is 5.32 Å². The Hall–Kier alpha value is -0.320. The minimum atomic E-state index is -0.299. The molecule has 2 unspecified atom stereocenters. The molecule has 106 valence electrons. The van der Waals surface area contributed by atoms with Gasteiger partial charge in [0.2, 0.25) is 5.91 Å². The molecule has 0 bridgehead atoms. The molecule has 5 heteroatoms. The third-order valence-electron chi connectivity index (χ3n) is 4.31. The molecule has 0 aromatic carbocycles. The van der Waals surface area contributed by atoms with Crippen LogP contribution < -0.4 is 11.1 Å². The molecule has 0 spiro atoms. The second-order valence-corrected chi connectivity index (χ2v) is 5.51. The van der Waals surface area contributed by atoms with Gasteiger partial charge in [-0.1, -0.05) is 12.8 Å². The average Bonchev–Trinajstić information content (AvgIpc) is 3.01. The summed E-state index contributed by atoms with van der Waals surface area (Å²) in [7, 11) is 0. The summed E-state index contributed by atoms with van der Waals surface area (Å²) in [6, 6.07) is 0.106. The first-order chi connectivity index (χ1) is 8.18. The Kier molecular flexibility index (Phi) is 5.89. The maximum atomic E-state index is 12.3. The van der Waals surface area contributed by atoms with Crippen LogP contribution in [0, 0.1) is 5.41 Å². The molecule has 1 saturated carbocycles. The second kappa shape index (κ2) is 6.73. The standard InChI is InChI=1S/C13H24N2O2.ClH/c1-10(11-5-4-8-17-11)15-12(16)13(9-14)6-2-3-7-13;/h10-11H,2-9,14H2,1H3,(H,15,16);1H. The largest absolute Gasteiger partial charge is 0.376 e. The summed E-state index contributed by atoms with van der Waals surface area (Å²) >= 11 is 0. The summed E-state index contributed by atoms with van der Waals surface area (Å²) in [5, 5.41) is 3.11. The quantitative estimate of drug-likeness (QED) is 0.820. The molecule has 1 heterocycles. The van der Waals surface area contributed by atoms with E-state index in [1.807, 2.05) is 6.92 Å². The van der Waals surface area contributed by atoms with Crippen LogP contribution in [0.2, 0.25) is 0 Å². The zero-order valence-electron chi connectivity index (χ0n) is 11.1. The van der Waals surface area contributed by atoms with E-state index in [9.17, 15) is 4.79 Å². The number of nitrogens with one attached hydrogen (secondary N) is 1. The van der Waals surface area contributed by atoms with Crippen molar-refractivity contribution >= 4 is 18.3 Å². The van der Waals surface area contributed by atoms with E-state index in [1.165, 1.54) is 0 Å². The van der Waals surface area contributed by atoms with Crippen molar-refractivity contribution in [3.8, 4) is 0 Å². The van der Waals surface area contributed by atoms with E-state index in [0.29, 0.717) is 6.54 Å². The van der Waals surface area contributed by atoms with Gasteiger partial charge in [0.25, 0.3) is 0 Å². The fraction of sp³-hybridized carbons (Fsp3) is 0.923. The lowest BCUT2D eigenvalue weighted by atomic mass is 9.85. The normalized spacial score (nSPS) is 27.6. The highest BCUT2D eigenvalue weighted by molar-refractivity contribution is 5.85. The first-order valence-corrected chi connectivity index (χ1v) is 6.81. The van der Waals surface area contributed by atoms with Gasteiger partial charge in [0.15, 0.2) is 0 Å². The van der Waals surface area contributed by atoms with Crippen molar-refractivity contribution in [2.45, 2.75) is 57.6 Å². The summed E-state index contributed by atoms with van der Waals surface area (Å²) in [6.07, 6.45) is 6.47. The molecule has 0 aromatic rings. The Morgan fingerprint density at radius 1 is 1.44 bits per heavy atom. The number of rotatable bonds is 4. The molecule has 1 amide bonds. The number of hydrogen-bond donors (Lipinski definition) is 2. The lowest BCUT2D eigenvalue weighted by molar-refractivity contribution is -0.131. The van der Waals surface area contributed by atoms with Crippen LogP contribution in [0.4, 0.5) is 0 Å². The fourth-order valence-electron chi connectivity index (χ4n) is 3.03. The molecule has 2 aliphatic rings. The van der Waals surface area contributed by atoms with Crippen LogP contribution in [0.5, 0.6) is 0 Å². The highest BCUT2D eigenvalue weighted by Crippen LogP contribution is 2.37. The maximum absolute atomic E-state index is 12.3. The Bertz CT molecular complexity index is 274. The minimum absolute atomic E-state index is 0. The van der Waals surface area contributed by atoms with Gasteiger partial charge in [-0.25, -0.2) is 0 Å². The zero-order chi connectivity index (χ0) is 12.3. The predicted molar refractivity (Wildman–Crippen MR) is 73.8 cm³/mol. The smallest absolute Gasteiger partial charge is 0.227 e. The molecule has 1 aliphatic heterocycles. The molecule has 18 heavy (non-hydrogen) atoms. The molecule has 0 aromatic heterocycles. The fourth-order valence-corrected chi connectivity index (χ4v) is 3.03. The van der Waals surface area contributed by atoms with Crippen LogP contribution in [0.25, 0.3) is 0 Å². The number of amides is 1. The van der Waals surface area contributed by atoms with E-state index in [1.54, 1.807) is 0 Å². The van der Waals surface area contributed by atoms with Gasteiger partial charge in [-0.3, -0.25) is 4.79 Å². The molecule has 0 radical (unpaired) electrons. The number of halogens is 1. The monoisotopic (exact) mass is 276 g/mol. The van der Waals surface area contributed by atoms with Gasteiger partial charge < -0.3 is 15.8 Å². The van der Waals surface area contributed by atoms with Gasteiger partial charge in [-0.2, -0.15) is 0 Å². The summed E-state index contributed by atoms with van der Waals surface area (Å²) in [4.78, 5) is 12.3. The lowest BCUT2D eigenvalue weighted by Gasteiger charge is -2.29. The van der Waals surface area contributed by atoms with Gasteiger partial charge in [-0.15, -0.1) is 12.4 Å². The highest BCUT2D eigenvalue weighted by Gasteiger charge is 2.40. The van der Waals surface area contributed by atoms with Crippen molar-refractivity contribution in [1.29, 1.82) is 0 Å². The number of ether oxygens (including phenoxy) is 1. The predicted octanol–water partition coefficient (Wildman–Crippen LogP) is 1.61. The van der Waals surface area contributed by atoms with Crippen LogP contribution in [-0.4, -0.2) is 31.2 Å². The van der Waals surface area contributed by atoms with Crippen LogP contribution >= 0.6 is 12.4 Å². The average molecular weight is 277 g/mol. The summed E-state index contributed by atoms with van der Waals surface area (Å²) < 4.78 is 5.60. The van der Waals surface area contributed by atoms with Crippen LogP contribution in [0.15, 0.2) is 0 Å². The van der Waals surface area contributed by atoms with Gasteiger partial charge in [-0.05, 0) is 32.6 Å². The Morgan fingerprint density at radius 2 is 2.11 bits per heavy atom. The number of carbonyl (C=O) groups excluding carboxylic acids is 1. The lowest BCUT2D eigenvalue weighted by Crippen LogP contribution is -2.50. The van der Waals surface area contributed by atoms with Crippen molar-refractivity contribution in [2.24, 2.45) is 11.1 Å². The first-order valence-electron chi connectivity index (χ1n) is 6.81. The van der Waals surface area contributed by atoms with E-state index in [4.69, 9.17) is 10.5 Å². The van der Waals surface area contributed by atoms with Crippen LogP contribution in [-0.2, 0) is 9.53 Å². The van der Waals surface area contributed by atoms with Crippen molar-refractivity contribution in [3.05, 3.63) is 0 Å². The van der Waals surface area contributed by atoms with E-state index in [-0.39, 0.29) is 35.9 Å². The summed E-state index contributed by atoms with van der Waals surface area (Å²) in [6.45, 7) is 3.33. The molecular formula is C13H25ClN2O2. The Balaban J connectivity index is 0.00000162. The molecule has 2 rings (SSSR count). The number of nitrogens with two attached hydrogens (primary N) is 1. The van der Waals surface area contributed by atoms with Crippen LogP contribution in [0.3, 0.4) is 0 Å². The van der Waals surface area contributed by atoms with Crippen molar-refractivity contribution in [2.75, 3.05) is 13.2 Å². The SMILES string of the molecule is CC(NC(=O)C1(CN)CCCC1)C1CCCO1.Cl. The topological polar surface area (TPSA) is 64.4 Å². The molecule has 1 aliphatic carbocycles. The summed E-state index contributed by atoms with van der Waals surface area (Å²) in [5.41, 5.74) is 5.51. The third-order valence-corrected chi connectivity index (χ3v) is 4.31. The van der Waals surface area contributed by atoms with E-state index in [0.717, 1.165) is 45.1 Å². The Labute approximate surface area is 115 Å². The van der Waals surface area contributed by atoms with E-state index in [2.05, 4.69) is 5.32 Å². The van der Waals surface area contributed by atoms with E-state index < -0.39 is 0 Å². The second-order valence-electron chi connectivity index (χ2n) is 5.51. The molecule has 4 nitrogen and oxygen atoms in total. The highest BCUT2D eigenvalue weighted by atomic mass is 35.5. The van der Waals surface area contributed by atoms with Gasteiger partial charge in [0.05, 0.1) is 17.6 Å². The molecular weight excluding hydrogens is 252 g/mol. The zero-order valence-corrected chi connectivity index (χ0v) is 11.9. The van der Waals surface area contributed by atoms with Gasteiger partial charge in [0, 0.05) is 13.2 Å². The number of hydrogen-bond acceptors (Lipinski definition) is 3. The molecule has 1 saturated heterocycles. The van der Waals surface area contributed by atoms with Gasteiger partial charge in [0.1, 0.15) is 0 Å². The first kappa shape index (κ1) is 15.7. The van der Waals surface area contributed by atoms with E-state index >= 15 is 0 Å². The van der Waals surface area contributed by atoms with Crippen molar-refractivity contribution < 1.29 is 9.53 Å². The third kappa shape index (κ3) is 3.16. The number of carbonyl (C=O) groups is 1. The van der Waals surface area contributed by atoms with Crippen molar-refractivity contribution in [3.63, 3.8) is 0 Å². The molecule has 2 fully saturated rings. The minimum Gasteiger partial charge on any atom is -0.376 e.